The molecule has 3 N–H and O–H groups in total. The Kier molecular flexibility index (Phi) is 15.9. The fourth-order valence-corrected chi connectivity index (χ4v) is 2.82. The highest BCUT2D eigenvalue weighted by molar-refractivity contribution is 5.99. The first kappa shape index (κ1) is 27.1. The number of aliphatic hydroxyl groups excluding tert-OH is 1. The maximum Gasteiger partial charge on any atom is 0.339 e. The molecule has 0 spiro atoms. The molecule has 166 valence electrons. The van der Waals surface area contributed by atoms with Crippen molar-refractivity contribution < 1.29 is 24.9 Å². The summed E-state index contributed by atoms with van der Waals surface area (Å²) >= 11 is 0. The average molecular weight is 410 g/mol. The predicted molar refractivity (Wildman–Crippen MR) is 117 cm³/mol. The van der Waals surface area contributed by atoms with Crippen LogP contribution in [0.5, 0.6) is 5.75 Å². The van der Waals surface area contributed by atoms with Crippen molar-refractivity contribution in [2.24, 2.45) is 0 Å². The number of aromatic carboxylic acids is 1. The quantitative estimate of drug-likeness (QED) is 0.303. The minimum absolute atomic E-state index is 0.0598. The Balaban J connectivity index is 0.00000113. The van der Waals surface area contributed by atoms with E-state index in [4.69, 9.17) is 10.2 Å². The number of aliphatic hydroxyl groups is 1. The highest BCUT2D eigenvalue weighted by atomic mass is 16.4. The summed E-state index contributed by atoms with van der Waals surface area (Å²) in [4.78, 5) is 24.9. The number of ketones is 1. The normalized spacial score (nSPS) is 10.5. The van der Waals surface area contributed by atoms with Crippen LogP contribution in [0.25, 0.3) is 0 Å². The number of carboxylic acid groups (broad SMARTS) is 1. The van der Waals surface area contributed by atoms with E-state index in [2.05, 4.69) is 6.92 Å². The third-order valence-electron chi connectivity index (χ3n) is 4.60. The number of unbranched alkanes of at least 4 members (excludes halogenated alkanes) is 8. The number of carboxylic acids is 1. The van der Waals surface area contributed by atoms with E-state index >= 15 is 0 Å². The molecule has 0 bridgehead atoms. The van der Waals surface area contributed by atoms with E-state index in [-0.39, 0.29) is 23.7 Å². The lowest BCUT2D eigenvalue weighted by Gasteiger charge is -2.05. The van der Waals surface area contributed by atoms with Crippen LogP contribution in [-0.2, 0) is 0 Å². The molecule has 0 amide bonds. The van der Waals surface area contributed by atoms with Crippen molar-refractivity contribution in [2.45, 2.75) is 71.1 Å². The van der Waals surface area contributed by atoms with E-state index in [0.29, 0.717) is 12.0 Å². The van der Waals surface area contributed by atoms with Crippen molar-refractivity contribution >= 4 is 11.8 Å². The Bertz CT molecular complexity index is 587. The molecule has 0 aliphatic heterocycles. The lowest BCUT2D eigenvalue weighted by Crippen LogP contribution is -2.15. The molecule has 0 saturated carbocycles. The number of hydrogen-bond donors (Lipinski definition) is 3. The molecule has 0 radical (unpaired) electrons. The number of aromatic hydroxyl groups is 1. The molecule has 0 heterocycles. The summed E-state index contributed by atoms with van der Waals surface area (Å²) in [5, 5.41) is 26.6. The van der Waals surface area contributed by atoms with E-state index in [0.717, 1.165) is 25.8 Å². The van der Waals surface area contributed by atoms with Crippen LogP contribution in [0.1, 0.15) is 91.8 Å². The van der Waals surface area contributed by atoms with Crippen molar-refractivity contribution in [1.82, 2.24) is 4.90 Å². The summed E-state index contributed by atoms with van der Waals surface area (Å²) in [6, 6.07) is 4.01. The van der Waals surface area contributed by atoms with Gasteiger partial charge >= 0.3 is 5.97 Å². The smallest absolute Gasteiger partial charge is 0.339 e. The van der Waals surface area contributed by atoms with Gasteiger partial charge in [0.05, 0.1) is 6.61 Å². The van der Waals surface area contributed by atoms with Gasteiger partial charge in [-0.1, -0.05) is 58.3 Å². The Hall–Kier alpha value is -1.92. The first-order valence-corrected chi connectivity index (χ1v) is 10.7. The zero-order chi connectivity index (χ0) is 22.1. The van der Waals surface area contributed by atoms with Gasteiger partial charge in [-0.2, -0.15) is 0 Å². The van der Waals surface area contributed by atoms with Crippen LogP contribution in [0.4, 0.5) is 0 Å². The second kappa shape index (κ2) is 17.0. The van der Waals surface area contributed by atoms with E-state index in [1.165, 1.54) is 56.7 Å². The number of carbonyl (C=O) groups is 2. The highest BCUT2D eigenvalue weighted by Gasteiger charge is 2.13. The molecule has 0 saturated heterocycles. The van der Waals surface area contributed by atoms with Gasteiger partial charge in [-0.05, 0) is 38.7 Å². The van der Waals surface area contributed by atoms with Crippen LogP contribution < -0.4 is 0 Å². The predicted octanol–water partition coefficient (Wildman–Crippen LogP) is 4.73. The monoisotopic (exact) mass is 409 g/mol. The van der Waals surface area contributed by atoms with Gasteiger partial charge in [-0.25, -0.2) is 4.79 Å². The molecular formula is C23H39NO5. The molecule has 1 rings (SSSR count). The number of nitrogens with zero attached hydrogens (tertiary/aromatic N) is 1. The molecule has 6 nitrogen and oxygen atoms in total. The lowest BCUT2D eigenvalue weighted by molar-refractivity contribution is 0.0693. The van der Waals surface area contributed by atoms with Crippen LogP contribution in [0.3, 0.4) is 0 Å². The first-order chi connectivity index (χ1) is 13.8. The maximum atomic E-state index is 12.1. The fraction of sp³-hybridized carbons (Fsp3) is 0.652. The third-order valence-corrected chi connectivity index (χ3v) is 4.60. The number of carbonyl (C=O) groups excluding carboxylic acids is 1. The minimum Gasteiger partial charge on any atom is -0.507 e. The number of likely N-dealkylation sites (N-methyl/N-ethyl adjacent to an activating group) is 1. The van der Waals surface area contributed by atoms with E-state index in [9.17, 15) is 14.7 Å². The third kappa shape index (κ3) is 13.8. The SMILES string of the molecule is CCCCCCCCCCCC(=O)c1ccc(O)c(C(=O)O)c1.CN(C)CCO. The first-order valence-electron chi connectivity index (χ1n) is 10.7. The number of rotatable bonds is 14. The summed E-state index contributed by atoms with van der Waals surface area (Å²) in [6.45, 7) is 3.23. The molecule has 1 aromatic rings. The molecule has 0 atom stereocenters. The van der Waals surface area contributed by atoms with Gasteiger partial charge in [0.2, 0.25) is 0 Å². The Morgan fingerprint density at radius 3 is 1.93 bits per heavy atom. The summed E-state index contributed by atoms with van der Waals surface area (Å²) in [5.74, 6) is -1.59. The largest absolute Gasteiger partial charge is 0.507 e. The Morgan fingerprint density at radius 2 is 1.48 bits per heavy atom. The summed E-state index contributed by atoms with van der Waals surface area (Å²) in [6.07, 6.45) is 11.1. The summed E-state index contributed by atoms with van der Waals surface area (Å²) < 4.78 is 0. The second-order valence-corrected chi connectivity index (χ2v) is 7.57. The van der Waals surface area contributed by atoms with Crippen molar-refractivity contribution in [1.29, 1.82) is 0 Å². The zero-order valence-electron chi connectivity index (χ0n) is 18.3. The minimum atomic E-state index is -1.22. The second-order valence-electron chi connectivity index (χ2n) is 7.57. The zero-order valence-corrected chi connectivity index (χ0v) is 18.3. The van der Waals surface area contributed by atoms with Crippen LogP contribution in [0.15, 0.2) is 18.2 Å². The van der Waals surface area contributed by atoms with Gasteiger partial charge in [0.15, 0.2) is 5.78 Å². The number of benzene rings is 1. The fourth-order valence-electron chi connectivity index (χ4n) is 2.82. The number of hydrogen-bond acceptors (Lipinski definition) is 5. The molecule has 0 fully saturated rings. The number of Topliss-reactive ketones (excluding diaryl/α,β-unsaturated/α-hetero) is 1. The van der Waals surface area contributed by atoms with Gasteiger partial charge in [-0.3, -0.25) is 4.79 Å². The van der Waals surface area contributed by atoms with E-state index in [1.807, 2.05) is 19.0 Å². The van der Waals surface area contributed by atoms with Crippen molar-refractivity contribution in [3.63, 3.8) is 0 Å². The van der Waals surface area contributed by atoms with Crippen molar-refractivity contribution in [3.8, 4) is 5.75 Å². The lowest BCUT2D eigenvalue weighted by atomic mass is 10.0. The molecule has 0 aromatic heterocycles. The topological polar surface area (TPSA) is 98.1 Å². The summed E-state index contributed by atoms with van der Waals surface area (Å²) in [7, 11) is 3.85. The van der Waals surface area contributed by atoms with Gasteiger partial charge in [-0.15, -0.1) is 0 Å². The van der Waals surface area contributed by atoms with Crippen molar-refractivity contribution in [3.05, 3.63) is 29.3 Å². The van der Waals surface area contributed by atoms with Crippen LogP contribution in [0.2, 0.25) is 0 Å². The standard InChI is InChI=1S/C19H28O4.C4H11NO/c1-2-3-4-5-6-7-8-9-10-11-17(20)15-12-13-18(21)16(14-15)19(22)23;1-5(2)3-4-6/h12-14,21H,2-11H2,1H3,(H,22,23);6H,3-4H2,1-2H3. The van der Waals surface area contributed by atoms with Crippen LogP contribution in [-0.4, -0.2) is 59.2 Å². The van der Waals surface area contributed by atoms with E-state index in [1.54, 1.807) is 0 Å². The molecule has 0 aliphatic carbocycles. The highest BCUT2D eigenvalue weighted by Crippen LogP contribution is 2.20. The van der Waals surface area contributed by atoms with Gasteiger partial charge < -0.3 is 20.2 Å². The number of phenols is 1. The molecule has 29 heavy (non-hydrogen) atoms. The molecule has 1 aromatic carbocycles. The van der Waals surface area contributed by atoms with Crippen molar-refractivity contribution in [2.75, 3.05) is 27.2 Å². The van der Waals surface area contributed by atoms with Gasteiger partial charge in [0.25, 0.3) is 0 Å². The Morgan fingerprint density at radius 1 is 0.931 bits per heavy atom. The molecule has 6 heteroatoms. The molecule has 0 aliphatic rings. The molecule has 0 unspecified atom stereocenters. The van der Waals surface area contributed by atoms with Gasteiger partial charge in [0.1, 0.15) is 11.3 Å². The van der Waals surface area contributed by atoms with Crippen LogP contribution in [0, 0.1) is 0 Å². The van der Waals surface area contributed by atoms with Gasteiger partial charge in [0, 0.05) is 18.5 Å². The molecular weight excluding hydrogens is 370 g/mol. The van der Waals surface area contributed by atoms with Crippen LogP contribution >= 0.6 is 0 Å². The van der Waals surface area contributed by atoms with E-state index < -0.39 is 5.97 Å². The maximum absolute atomic E-state index is 12.1. The Labute approximate surface area is 175 Å². The summed E-state index contributed by atoms with van der Waals surface area (Å²) in [5.41, 5.74) is 0.141. The average Bonchev–Trinajstić information content (AvgIpc) is 2.67.